The molecule has 1 amide bonds. The molecular weight excluding hydrogens is 272 g/mol. The zero-order valence-electron chi connectivity index (χ0n) is 11.6. The molecule has 2 N–H and O–H groups in total. The van der Waals surface area contributed by atoms with Gasteiger partial charge in [-0.2, -0.15) is 0 Å². The maximum atomic E-state index is 11.8. The summed E-state index contributed by atoms with van der Waals surface area (Å²) in [6.45, 7) is 4.72. The van der Waals surface area contributed by atoms with Gasteiger partial charge in [0.1, 0.15) is 5.01 Å². The van der Waals surface area contributed by atoms with Crippen molar-refractivity contribution in [2.75, 3.05) is 6.54 Å². The Bertz CT molecular complexity index is 540. The van der Waals surface area contributed by atoms with Gasteiger partial charge in [0, 0.05) is 17.8 Å². The lowest BCUT2D eigenvalue weighted by atomic mass is 10.1. The van der Waals surface area contributed by atoms with Gasteiger partial charge in [-0.3, -0.25) is 15.1 Å². The molecule has 2 rings (SSSR count). The summed E-state index contributed by atoms with van der Waals surface area (Å²) in [6.07, 6.45) is 3.48. The first-order valence-electron chi connectivity index (χ1n) is 6.39. The first kappa shape index (κ1) is 14.6. The number of nitrogens with one attached hydrogen (secondary N) is 2. The number of carbonyl (C=O) groups is 1. The molecule has 0 aliphatic rings. The van der Waals surface area contributed by atoms with E-state index in [2.05, 4.69) is 20.6 Å². The molecule has 0 fully saturated rings. The van der Waals surface area contributed by atoms with Gasteiger partial charge in [0.05, 0.1) is 24.3 Å². The molecule has 0 radical (unpaired) electrons. The van der Waals surface area contributed by atoms with Gasteiger partial charge < -0.3 is 5.32 Å². The minimum absolute atomic E-state index is 0.0553. The zero-order chi connectivity index (χ0) is 14.4. The summed E-state index contributed by atoms with van der Waals surface area (Å²) in [4.78, 5) is 20.2. The Morgan fingerprint density at radius 1 is 1.30 bits per heavy atom. The Morgan fingerprint density at radius 2 is 2.15 bits per heavy atom. The summed E-state index contributed by atoms with van der Waals surface area (Å²) in [5.74, 6) is -0.0553. The van der Waals surface area contributed by atoms with E-state index < -0.39 is 0 Å². The number of amides is 1. The molecule has 106 valence electrons. The lowest BCUT2D eigenvalue weighted by Gasteiger charge is -2.23. The molecule has 20 heavy (non-hydrogen) atoms. The first-order valence-corrected chi connectivity index (χ1v) is 7.27. The molecule has 0 bridgehead atoms. The summed E-state index contributed by atoms with van der Waals surface area (Å²) in [7, 11) is 0. The Morgan fingerprint density at radius 3 is 2.80 bits per heavy atom. The molecule has 2 heterocycles. The number of aromatic nitrogens is 2. The van der Waals surface area contributed by atoms with Crippen molar-refractivity contribution in [2.24, 2.45) is 0 Å². The highest BCUT2D eigenvalue weighted by Crippen LogP contribution is 2.21. The smallest absolute Gasteiger partial charge is 0.234 e. The van der Waals surface area contributed by atoms with Crippen LogP contribution in [0.25, 0.3) is 0 Å². The topological polar surface area (TPSA) is 66.9 Å². The van der Waals surface area contributed by atoms with Crippen molar-refractivity contribution in [3.8, 4) is 0 Å². The minimum Gasteiger partial charge on any atom is -0.349 e. The van der Waals surface area contributed by atoms with Crippen LogP contribution in [0.4, 0.5) is 0 Å². The third-order valence-electron chi connectivity index (χ3n) is 2.85. The van der Waals surface area contributed by atoms with Gasteiger partial charge in [-0.05, 0) is 26.0 Å². The lowest BCUT2D eigenvalue weighted by Crippen LogP contribution is -2.43. The molecule has 0 aliphatic heterocycles. The van der Waals surface area contributed by atoms with Crippen molar-refractivity contribution in [3.05, 3.63) is 46.7 Å². The highest BCUT2D eigenvalue weighted by molar-refractivity contribution is 7.09. The number of thiazole rings is 1. The van der Waals surface area contributed by atoms with Crippen LogP contribution in [0.15, 0.2) is 36.0 Å². The Hall–Kier alpha value is -1.79. The van der Waals surface area contributed by atoms with E-state index in [-0.39, 0.29) is 18.0 Å². The Labute approximate surface area is 122 Å². The summed E-state index contributed by atoms with van der Waals surface area (Å²) in [5.41, 5.74) is 0.538. The van der Waals surface area contributed by atoms with Crippen LogP contribution < -0.4 is 10.6 Å². The van der Waals surface area contributed by atoms with E-state index in [4.69, 9.17) is 0 Å². The molecule has 0 saturated carbocycles. The monoisotopic (exact) mass is 290 g/mol. The van der Waals surface area contributed by atoms with Crippen LogP contribution in [-0.4, -0.2) is 22.4 Å². The van der Waals surface area contributed by atoms with Crippen LogP contribution in [0.3, 0.4) is 0 Å². The van der Waals surface area contributed by atoms with Crippen molar-refractivity contribution in [3.63, 3.8) is 0 Å². The van der Waals surface area contributed by atoms with E-state index >= 15 is 0 Å². The number of rotatable bonds is 6. The lowest BCUT2D eigenvalue weighted by molar-refractivity contribution is -0.120. The fourth-order valence-corrected chi connectivity index (χ4v) is 2.40. The van der Waals surface area contributed by atoms with Gasteiger partial charge in [-0.25, -0.2) is 4.98 Å². The minimum atomic E-state index is -0.309. The number of nitrogens with zero attached hydrogens (tertiary/aromatic N) is 2. The quantitative estimate of drug-likeness (QED) is 0.849. The highest BCUT2D eigenvalue weighted by atomic mass is 32.1. The van der Waals surface area contributed by atoms with Gasteiger partial charge >= 0.3 is 0 Å². The maximum Gasteiger partial charge on any atom is 0.234 e. The van der Waals surface area contributed by atoms with Crippen LogP contribution >= 0.6 is 11.3 Å². The molecule has 0 unspecified atom stereocenters. The van der Waals surface area contributed by atoms with Gasteiger partial charge in [0.2, 0.25) is 5.91 Å². The second-order valence-electron chi connectivity index (χ2n) is 4.91. The number of carbonyl (C=O) groups excluding carboxylic acids is 1. The van der Waals surface area contributed by atoms with E-state index in [1.807, 2.05) is 37.4 Å². The third kappa shape index (κ3) is 4.11. The summed E-state index contributed by atoms with van der Waals surface area (Å²) >= 11 is 1.58. The molecule has 0 atom stereocenters. The number of hydrogen-bond acceptors (Lipinski definition) is 5. The number of hydrogen-bond donors (Lipinski definition) is 2. The summed E-state index contributed by atoms with van der Waals surface area (Å²) < 4.78 is 0. The molecule has 2 aromatic heterocycles. The second-order valence-corrected chi connectivity index (χ2v) is 5.81. The van der Waals surface area contributed by atoms with E-state index in [0.717, 1.165) is 10.7 Å². The van der Waals surface area contributed by atoms with Crippen molar-refractivity contribution in [1.29, 1.82) is 0 Å². The molecular formula is C14H18N4OS. The Kier molecular flexibility index (Phi) is 4.81. The summed E-state index contributed by atoms with van der Waals surface area (Å²) in [6, 6.07) is 5.63. The zero-order valence-corrected chi connectivity index (χ0v) is 12.4. The maximum absolute atomic E-state index is 11.8. The standard InChI is InChI=1S/C14H18N4OS/c1-14(2,13-16-7-8-20-13)18-10-12(19)17-9-11-5-3-4-6-15-11/h3-8,18H,9-10H2,1-2H3,(H,17,19). The van der Waals surface area contributed by atoms with Crippen LogP contribution in [-0.2, 0) is 16.9 Å². The van der Waals surface area contributed by atoms with Gasteiger partial charge in [-0.15, -0.1) is 11.3 Å². The van der Waals surface area contributed by atoms with Crippen LogP contribution in [0.5, 0.6) is 0 Å². The van der Waals surface area contributed by atoms with Gasteiger partial charge in [0.15, 0.2) is 0 Å². The van der Waals surface area contributed by atoms with Crippen molar-refractivity contribution < 1.29 is 4.79 Å². The van der Waals surface area contributed by atoms with Crippen LogP contribution in [0, 0.1) is 0 Å². The molecule has 2 aromatic rings. The molecule has 0 spiro atoms. The average molecular weight is 290 g/mol. The van der Waals surface area contributed by atoms with E-state index in [0.29, 0.717) is 6.54 Å². The third-order valence-corrected chi connectivity index (χ3v) is 3.95. The van der Waals surface area contributed by atoms with E-state index in [1.165, 1.54) is 0 Å². The number of pyridine rings is 1. The Balaban J connectivity index is 1.78. The molecule has 0 aliphatic carbocycles. The van der Waals surface area contributed by atoms with Crippen molar-refractivity contribution >= 4 is 17.2 Å². The summed E-state index contributed by atoms with van der Waals surface area (Å²) in [5, 5.41) is 8.95. The van der Waals surface area contributed by atoms with Crippen LogP contribution in [0.1, 0.15) is 24.5 Å². The molecule has 6 heteroatoms. The van der Waals surface area contributed by atoms with E-state index in [1.54, 1.807) is 23.7 Å². The SMILES string of the molecule is CC(C)(NCC(=O)NCc1ccccn1)c1nccs1. The molecule has 0 saturated heterocycles. The second kappa shape index (κ2) is 6.58. The largest absolute Gasteiger partial charge is 0.349 e. The highest BCUT2D eigenvalue weighted by Gasteiger charge is 2.23. The fourth-order valence-electron chi connectivity index (χ4n) is 1.66. The normalized spacial score (nSPS) is 11.3. The van der Waals surface area contributed by atoms with Gasteiger partial charge in [0.25, 0.3) is 0 Å². The molecule has 5 nitrogen and oxygen atoms in total. The molecule has 0 aromatic carbocycles. The van der Waals surface area contributed by atoms with E-state index in [9.17, 15) is 4.79 Å². The van der Waals surface area contributed by atoms with Crippen LogP contribution in [0.2, 0.25) is 0 Å². The average Bonchev–Trinajstić information content (AvgIpc) is 2.99. The van der Waals surface area contributed by atoms with Crippen molar-refractivity contribution in [2.45, 2.75) is 25.9 Å². The van der Waals surface area contributed by atoms with Crippen molar-refractivity contribution in [1.82, 2.24) is 20.6 Å². The first-order chi connectivity index (χ1) is 9.58. The predicted octanol–water partition coefficient (Wildman–Crippen LogP) is 1.68. The van der Waals surface area contributed by atoms with Gasteiger partial charge in [-0.1, -0.05) is 6.07 Å². The predicted molar refractivity (Wildman–Crippen MR) is 79.2 cm³/mol. The fraction of sp³-hybridized carbons (Fsp3) is 0.357.